The van der Waals surface area contributed by atoms with Crippen molar-refractivity contribution in [2.24, 2.45) is 0 Å². The zero-order chi connectivity index (χ0) is 10.3. The summed E-state index contributed by atoms with van der Waals surface area (Å²) < 4.78 is 0. The van der Waals surface area contributed by atoms with Crippen molar-refractivity contribution in [1.82, 2.24) is 0 Å². The lowest BCUT2D eigenvalue weighted by Crippen LogP contribution is -2.19. The number of rotatable bonds is 7. The van der Waals surface area contributed by atoms with Crippen molar-refractivity contribution in [3.63, 3.8) is 0 Å². The summed E-state index contributed by atoms with van der Waals surface area (Å²) in [5.41, 5.74) is 1.04. The van der Waals surface area contributed by atoms with Gasteiger partial charge >= 0.3 is 0 Å². The summed E-state index contributed by atoms with van der Waals surface area (Å²) in [6.07, 6.45) is 1.78. The molecule has 0 radical (unpaired) electrons. The molecule has 0 rings (SSSR count). The number of hydrogen-bond donors (Lipinski definition) is 2. The van der Waals surface area contributed by atoms with Gasteiger partial charge in [0.15, 0.2) is 0 Å². The first-order valence-corrected chi connectivity index (χ1v) is 5.22. The molecule has 0 aliphatic rings. The predicted molar refractivity (Wildman–Crippen MR) is 56.0 cm³/mol. The van der Waals surface area contributed by atoms with Crippen molar-refractivity contribution in [3.05, 3.63) is 12.2 Å². The van der Waals surface area contributed by atoms with Gasteiger partial charge in [0.2, 0.25) is 0 Å². The molecule has 0 aliphatic heterocycles. The normalized spacial score (nSPS) is 15.4. The molecule has 13 heavy (non-hydrogen) atoms. The fraction of sp³-hybridized carbons (Fsp3) is 0.800. The van der Waals surface area contributed by atoms with Crippen molar-refractivity contribution in [2.75, 3.05) is 5.88 Å². The van der Waals surface area contributed by atoms with Gasteiger partial charge in [-0.3, -0.25) is 0 Å². The molecule has 0 amide bonds. The van der Waals surface area contributed by atoms with Gasteiger partial charge in [-0.2, -0.15) is 0 Å². The molecule has 0 aliphatic carbocycles. The second-order valence-electron chi connectivity index (χ2n) is 3.40. The predicted octanol–water partition coefficient (Wildman–Crippen LogP) is 2.08. The zero-order valence-electron chi connectivity index (χ0n) is 8.17. The fourth-order valence-corrected chi connectivity index (χ4v) is 1.38. The molecule has 2 N–H and O–H groups in total. The summed E-state index contributed by atoms with van der Waals surface area (Å²) in [5.74, 6) is 0.178. The van der Waals surface area contributed by atoms with Gasteiger partial charge in [-0.1, -0.05) is 25.5 Å². The largest absolute Gasteiger partial charge is 0.393 e. The summed E-state index contributed by atoms with van der Waals surface area (Å²) in [5, 5.41) is 18.6. The smallest absolute Gasteiger partial charge is 0.0700 e. The van der Waals surface area contributed by atoms with Crippen LogP contribution in [0.5, 0.6) is 0 Å². The van der Waals surface area contributed by atoms with E-state index in [1.807, 2.05) is 0 Å². The number of halogens is 1. The SMILES string of the molecule is C=C(CCC)CC(O)CC(O)CCl. The van der Waals surface area contributed by atoms with Crippen molar-refractivity contribution in [2.45, 2.75) is 44.8 Å². The zero-order valence-corrected chi connectivity index (χ0v) is 8.93. The van der Waals surface area contributed by atoms with Crippen molar-refractivity contribution in [3.8, 4) is 0 Å². The van der Waals surface area contributed by atoms with E-state index in [0.717, 1.165) is 18.4 Å². The third kappa shape index (κ3) is 7.05. The van der Waals surface area contributed by atoms with E-state index in [4.69, 9.17) is 16.7 Å². The lowest BCUT2D eigenvalue weighted by atomic mass is 10.0. The maximum absolute atomic E-state index is 9.47. The minimum Gasteiger partial charge on any atom is -0.393 e. The molecule has 3 heteroatoms. The van der Waals surface area contributed by atoms with Crippen LogP contribution in [-0.4, -0.2) is 28.3 Å². The van der Waals surface area contributed by atoms with Crippen LogP contribution in [0.2, 0.25) is 0 Å². The molecule has 0 fully saturated rings. The molecule has 0 saturated heterocycles. The van der Waals surface area contributed by atoms with Crippen molar-refractivity contribution >= 4 is 11.6 Å². The van der Waals surface area contributed by atoms with Gasteiger partial charge in [0.25, 0.3) is 0 Å². The van der Waals surface area contributed by atoms with Crippen molar-refractivity contribution < 1.29 is 10.2 Å². The minimum absolute atomic E-state index is 0.178. The summed E-state index contributed by atoms with van der Waals surface area (Å²) in [6.45, 7) is 5.92. The Balaban J connectivity index is 3.60. The van der Waals surface area contributed by atoms with Gasteiger partial charge in [-0.05, 0) is 12.8 Å². The van der Waals surface area contributed by atoms with Gasteiger partial charge in [-0.25, -0.2) is 0 Å². The highest BCUT2D eigenvalue weighted by Crippen LogP contribution is 2.13. The Morgan fingerprint density at radius 2 is 2.00 bits per heavy atom. The molecule has 0 aromatic rings. The van der Waals surface area contributed by atoms with Crippen LogP contribution >= 0.6 is 11.6 Å². The molecule has 0 heterocycles. The van der Waals surface area contributed by atoms with E-state index >= 15 is 0 Å². The maximum Gasteiger partial charge on any atom is 0.0700 e. The molecule has 2 atom stereocenters. The second-order valence-corrected chi connectivity index (χ2v) is 3.71. The minimum atomic E-state index is -0.605. The van der Waals surface area contributed by atoms with E-state index in [1.54, 1.807) is 0 Å². The molecule has 0 spiro atoms. The van der Waals surface area contributed by atoms with E-state index < -0.39 is 12.2 Å². The van der Waals surface area contributed by atoms with Crippen LogP contribution in [0.3, 0.4) is 0 Å². The molecular formula is C10H19ClO2. The number of aliphatic hydroxyl groups is 2. The molecule has 0 bridgehead atoms. The van der Waals surface area contributed by atoms with Crippen molar-refractivity contribution in [1.29, 1.82) is 0 Å². The average molecular weight is 207 g/mol. The summed E-state index contributed by atoms with van der Waals surface area (Å²) in [7, 11) is 0. The first-order chi connectivity index (χ1) is 6.10. The Morgan fingerprint density at radius 3 is 2.46 bits per heavy atom. The lowest BCUT2D eigenvalue weighted by Gasteiger charge is -2.14. The average Bonchev–Trinajstić information content (AvgIpc) is 2.04. The first-order valence-electron chi connectivity index (χ1n) is 4.68. The van der Waals surface area contributed by atoms with Crippen LogP contribution in [0.15, 0.2) is 12.2 Å². The topological polar surface area (TPSA) is 40.5 Å². The van der Waals surface area contributed by atoms with E-state index in [-0.39, 0.29) is 5.88 Å². The third-order valence-electron chi connectivity index (χ3n) is 1.85. The second kappa shape index (κ2) is 7.36. The molecule has 0 aromatic heterocycles. The Kier molecular flexibility index (Phi) is 7.33. The quantitative estimate of drug-likeness (QED) is 0.495. The summed E-state index contributed by atoms with van der Waals surface area (Å²) >= 11 is 5.41. The van der Waals surface area contributed by atoms with Crippen LogP contribution in [-0.2, 0) is 0 Å². The van der Waals surface area contributed by atoms with E-state index in [2.05, 4.69) is 13.5 Å². The molecule has 2 unspecified atom stereocenters. The molecule has 2 nitrogen and oxygen atoms in total. The molecular weight excluding hydrogens is 188 g/mol. The van der Waals surface area contributed by atoms with Gasteiger partial charge in [0.1, 0.15) is 0 Å². The van der Waals surface area contributed by atoms with E-state index in [9.17, 15) is 5.11 Å². The summed E-state index contributed by atoms with van der Waals surface area (Å²) in [4.78, 5) is 0. The fourth-order valence-electron chi connectivity index (χ4n) is 1.25. The molecule has 0 saturated carbocycles. The van der Waals surface area contributed by atoms with Crippen LogP contribution in [0, 0.1) is 0 Å². The van der Waals surface area contributed by atoms with Gasteiger partial charge in [-0.15, -0.1) is 11.6 Å². The van der Waals surface area contributed by atoms with Gasteiger partial charge < -0.3 is 10.2 Å². The standard InChI is InChI=1S/C10H19ClO2/c1-3-4-8(2)5-9(12)6-10(13)7-11/h9-10,12-13H,2-7H2,1H3. The Bertz CT molecular complexity index is 148. The third-order valence-corrected chi connectivity index (χ3v) is 2.21. The highest BCUT2D eigenvalue weighted by Gasteiger charge is 2.11. The summed E-state index contributed by atoms with van der Waals surface area (Å²) in [6, 6.07) is 0. The molecule has 78 valence electrons. The Labute approximate surface area is 85.2 Å². The number of hydrogen-bond acceptors (Lipinski definition) is 2. The monoisotopic (exact) mass is 206 g/mol. The first kappa shape index (κ1) is 12.9. The van der Waals surface area contributed by atoms with Crippen LogP contribution in [0.4, 0.5) is 0 Å². The maximum atomic E-state index is 9.47. The van der Waals surface area contributed by atoms with Crippen LogP contribution < -0.4 is 0 Å². The van der Waals surface area contributed by atoms with E-state index in [0.29, 0.717) is 12.8 Å². The van der Waals surface area contributed by atoms with Crippen LogP contribution in [0.25, 0.3) is 0 Å². The highest BCUT2D eigenvalue weighted by atomic mass is 35.5. The lowest BCUT2D eigenvalue weighted by molar-refractivity contribution is 0.0921. The van der Waals surface area contributed by atoms with Gasteiger partial charge in [0.05, 0.1) is 12.2 Å². The highest BCUT2D eigenvalue weighted by molar-refractivity contribution is 6.18. The Morgan fingerprint density at radius 1 is 1.38 bits per heavy atom. The molecule has 0 aromatic carbocycles. The number of aliphatic hydroxyl groups excluding tert-OH is 2. The van der Waals surface area contributed by atoms with E-state index in [1.165, 1.54) is 0 Å². The Hall–Kier alpha value is -0.0500. The van der Waals surface area contributed by atoms with Gasteiger partial charge in [0, 0.05) is 12.3 Å². The number of alkyl halides is 1. The van der Waals surface area contributed by atoms with Crippen LogP contribution in [0.1, 0.15) is 32.6 Å².